The van der Waals surface area contributed by atoms with E-state index in [2.05, 4.69) is 53.4 Å². The number of hydrogen-bond acceptors (Lipinski definition) is 3. The van der Waals surface area contributed by atoms with Crippen molar-refractivity contribution in [3.63, 3.8) is 0 Å². The Bertz CT molecular complexity index is 1060. The zero-order valence-corrected chi connectivity index (χ0v) is 15.7. The first-order valence-corrected chi connectivity index (χ1v) is 10.4. The van der Waals surface area contributed by atoms with Gasteiger partial charge in [0.15, 0.2) is 0 Å². The molecule has 3 aromatic rings. The van der Waals surface area contributed by atoms with Crippen LogP contribution in [0.15, 0.2) is 54.6 Å². The maximum Gasteiger partial charge on any atom is 0.266 e. The van der Waals surface area contributed by atoms with Crippen LogP contribution >= 0.6 is 0 Å². The van der Waals surface area contributed by atoms with Crippen LogP contribution in [0.3, 0.4) is 0 Å². The third kappa shape index (κ3) is 1.81. The van der Waals surface area contributed by atoms with E-state index in [4.69, 9.17) is 9.47 Å². The van der Waals surface area contributed by atoms with Gasteiger partial charge in [-0.3, -0.25) is 0 Å². The van der Waals surface area contributed by atoms with Crippen molar-refractivity contribution in [3.8, 4) is 23.0 Å². The Morgan fingerprint density at radius 1 is 0.643 bits per heavy atom. The van der Waals surface area contributed by atoms with Crippen molar-refractivity contribution in [2.75, 3.05) is 4.90 Å². The average molecular weight is 365 g/mol. The molecule has 4 aliphatic rings. The van der Waals surface area contributed by atoms with Crippen LogP contribution in [0.4, 0.5) is 11.4 Å². The molecule has 1 saturated carbocycles. The minimum atomic E-state index is 0.200. The number of rotatable bonds is 1. The van der Waals surface area contributed by atoms with Crippen LogP contribution in [-0.2, 0) is 0 Å². The SMILES string of the molecule is c1cc2c3c(c1)Oc1cccc4c1B3c1c(cccc1N4C1CCCCC1)O2. The summed E-state index contributed by atoms with van der Waals surface area (Å²) in [5.41, 5.74) is 6.46. The van der Waals surface area contributed by atoms with E-state index in [1.54, 1.807) is 0 Å². The van der Waals surface area contributed by atoms with Crippen LogP contribution in [0.2, 0.25) is 0 Å². The topological polar surface area (TPSA) is 21.7 Å². The Labute approximate surface area is 165 Å². The Morgan fingerprint density at radius 2 is 1.14 bits per heavy atom. The van der Waals surface area contributed by atoms with E-state index in [9.17, 15) is 0 Å². The third-order valence-corrected chi connectivity index (χ3v) is 6.88. The van der Waals surface area contributed by atoms with Crippen molar-refractivity contribution in [2.24, 2.45) is 0 Å². The van der Waals surface area contributed by atoms with Crippen LogP contribution in [0.5, 0.6) is 23.0 Å². The summed E-state index contributed by atoms with van der Waals surface area (Å²) in [5, 5.41) is 0. The van der Waals surface area contributed by atoms with E-state index in [-0.39, 0.29) is 6.71 Å². The Balaban J connectivity index is 1.56. The lowest BCUT2D eigenvalue weighted by Crippen LogP contribution is -2.63. The lowest BCUT2D eigenvalue weighted by atomic mass is 9.33. The van der Waals surface area contributed by atoms with E-state index < -0.39 is 0 Å². The van der Waals surface area contributed by atoms with Crippen molar-refractivity contribution >= 4 is 34.5 Å². The van der Waals surface area contributed by atoms with Crippen LogP contribution in [0, 0.1) is 0 Å². The largest absolute Gasteiger partial charge is 0.458 e. The maximum absolute atomic E-state index is 6.38. The lowest BCUT2D eigenvalue weighted by molar-refractivity contribution is 0.434. The highest BCUT2D eigenvalue weighted by molar-refractivity contribution is 7.00. The Morgan fingerprint density at radius 3 is 1.71 bits per heavy atom. The smallest absolute Gasteiger partial charge is 0.266 e. The predicted molar refractivity (Wildman–Crippen MR) is 113 cm³/mol. The average Bonchev–Trinajstić information content (AvgIpc) is 2.75. The molecule has 136 valence electrons. The first-order valence-electron chi connectivity index (χ1n) is 10.4. The number of benzene rings is 3. The highest BCUT2D eigenvalue weighted by Crippen LogP contribution is 2.44. The summed E-state index contributed by atoms with van der Waals surface area (Å²) in [4.78, 5) is 2.60. The summed E-state index contributed by atoms with van der Waals surface area (Å²) < 4.78 is 12.8. The molecule has 3 heterocycles. The molecular weight excluding hydrogens is 345 g/mol. The first-order chi connectivity index (χ1) is 13.9. The van der Waals surface area contributed by atoms with Gasteiger partial charge in [0.05, 0.1) is 0 Å². The maximum atomic E-state index is 6.38. The third-order valence-electron chi connectivity index (χ3n) is 6.88. The van der Waals surface area contributed by atoms with Crippen LogP contribution in [0.25, 0.3) is 0 Å². The molecule has 0 atom stereocenters. The summed E-state index contributed by atoms with van der Waals surface area (Å²) in [6.45, 7) is 0.200. The normalized spacial score (nSPS) is 18.3. The van der Waals surface area contributed by atoms with Gasteiger partial charge in [-0.05, 0) is 60.2 Å². The summed E-state index contributed by atoms with van der Waals surface area (Å²) in [7, 11) is 0. The molecular formula is C24H20BNO2. The van der Waals surface area contributed by atoms with Gasteiger partial charge in [0.2, 0.25) is 0 Å². The highest BCUT2D eigenvalue weighted by atomic mass is 16.5. The second kappa shape index (κ2) is 5.35. The molecule has 28 heavy (non-hydrogen) atoms. The minimum Gasteiger partial charge on any atom is -0.458 e. The molecule has 4 heteroatoms. The molecule has 1 fully saturated rings. The molecule has 3 aliphatic heterocycles. The summed E-state index contributed by atoms with van der Waals surface area (Å²) in [6.07, 6.45) is 6.49. The molecule has 3 aromatic carbocycles. The Hall–Kier alpha value is -2.88. The minimum absolute atomic E-state index is 0.200. The van der Waals surface area contributed by atoms with Crippen LogP contribution in [0.1, 0.15) is 32.1 Å². The summed E-state index contributed by atoms with van der Waals surface area (Å²) in [6, 6.07) is 19.8. The van der Waals surface area contributed by atoms with Gasteiger partial charge in [0.1, 0.15) is 23.0 Å². The van der Waals surface area contributed by atoms with Gasteiger partial charge in [-0.25, -0.2) is 0 Å². The predicted octanol–water partition coefficient (Wildman–Crippen LogP) is 4.20. The fraction of sp³-hybridized carbons (Fsp3) is 0.250. The molecule has 1 aliphatic carbocycles. The van der Waals surface area contributed by atoms with Gasteiger partial charge >= 0.3 is 0 Å². The molecule has 3 nitrogen and oxygen atoms in total. The van der Waals surface area contributed by atoms with Gasteiger partial charge in [-0.15, -0.1) is 0 Å². The molecule has 0 amide bonds. The zero-order valence-electron chi connectivity index (χ0n) is 15.7. The van der Waals surface area contributed by atoms with E-state index in [0.29, 0.717) is 6.04 Å². The molecule has 7 rings (SSSR count). The van der Waals surface area contributed by atoms with E-state index in [0.717, 1.165) is 23.0 Å². The fourth-order valence-electron chi connectivity index (χ4n) is 5.76. The van der Waals surface area contributed by atoms with Crippen LogP contribution < -0.4 is 30.8 Å². The number of ether oxygens (including phenoxy) is 2. The lowest BCUT2D eigenvalue weighted by Gasteiger charge is -2.46. The highest BCUT2D eigenvalue weighted by Gasteiger charge is 2.47. The fourth-order valence-corrected chi connectivity index (χ4v) is 5.76. The summed E-state index contributed by atoms with van der Waals surface area (Å²) >= 11 is 0. The van der Waals surface area contributed by atoms with Gasteiger partial charge in [-0.1, -0.05) is 37.5 Å². The molecule has 0 aromatic heterocycles. The van der Waals surface area contributed by atoms with Gasteiger partial charge in [0.25, 0.3) is 6.71 Å². The van der Waals surface area contributed by atoms with Crippen molar-refractivity contribution in [1.82, 2.24) is 0 Å². The molecule has 0 spiro atoms. The van der Waals surface area contributed by atoms with E-state index in [1.807, 2.05) is 6.07 Å². The molecule has 0 N–H and O–H groups in total. The van der Waals surface area contributed by atoms with Crippen molar-refractivity contribution in [3.05, 3.63) is 54.6 Å². The molecule has 0 unspecified atom stereocenters. The van der Waals surface area contributed by atoms with E-state index >= 15 is 0 Å². The monoisotopic (exact) mass is 365 g/mol. The standard InChI is InChI=1S/C24H20BNO2/c1-2-7-15(8-3-1)26-16-9-4-11-18-22(16)25-23-17(26)10-5-12-19(23)28-21-14-6-13-20(27-18)24(21)25/h4-6,9-15H,1-3,7-8H2. The van der Waals surface area contributed by atoms with Crippen LogP contribution in [-0.4, -0.2) is 12.8 Å². The number of anilines is 2. The first kappa shape index (κ1) is 15.1. The number of nitrogens with zero attached hydrogens (tertiary/aromatic N) is 1. The second-order valence-electron chi connectivity index (χ2n) is 8.34. The molecule has 0 radical (unpaired) electrons. The van der Waals surface area contributed by atoms with Gasteiger partial charge in [-0.2, -0.15) is 0 Å². The molecule has 0 bridgehead atoms. The van der Waals surface area contributed by atoms with Crippen molar-refractivity contribution in [2.45, 2.75) is 38.1 Å². The Kier molecular flexibility index (Phi) is 2.88. The van der Waals surface area contributed by atoms with Crippen molar-refractivity contribution in [1.29, 1.82) is 0 Å². The van der Waals surface area contributed by atoms with Gasteiger partial charge in [0, 0.05) is 22.9 Å². The quantitative estimate of drug-likeness (QED) is 0.416. The van der Waals surface area contributed by atoms with Gasteiger partial charge < -0.3 is 14.4 Å². The van der Waals surface area contributed by atoms with E-state index in [1.165, 1.54) is 59.9 Å². The summed E-state index contributed by atoms with van der Waals surface area (Å²) in [5.74, 6) is 3.85. The number of hydrogen-bond donors (Lipinski definition) is 0. The zero-order chi connectivity index (χ0) is 18.2. The van der Waals surface area contributed by atoms with Crippen molar-refractivity contribution < 1.29 is 9.47 Å². The molecule has 0 saturated heterocycles. The second-order valence-corrected chi connectivity index (χ2v) is 8.34.